The summed E-state index contributed by atoms with van der Waals surface area (Å²) in [7, 11) is 0. The molecule has 8 heteroatoms. The van der Waals surface area contributed by atoms with Crippen LogP contribution in [0.25, 0.3) is 5.95 Å². The van der Waals surface area contributed by atoms with E-state index in [-0.39, 0.29) is 16.8 Å². The average Bonchev–Trinajstić information content (AvgIpc) is 2.65. The van der Waals surface area contributed by atoms with Crippen molar-refractivity contribution in [2.24, 2.45) is 0 Å². The molecule has 2 rings (SSSR count). The van der Waals surface area contributed by atoms with E-state index in [9.17, 15) is 10.1 Å². The highest BCUT2D eigenvalue weighted by Gasteiger charge is 2.35. The highest BCUT2D eigenvalue weighted by molar-refractivity contribution is 6.32. The molecule has 21 heavy (non-hydrogen) atoms. The maximum absolute atomic E-state index is 11.3. The fraction of sp³-hybridized carbons (Fsp3) is 0.462. The van der Waals surface area contributed by atoms with Crippen molar-refractivity contribution < 1.29 is 4.92 Å². The lowest BCUT2D eigenvalue weighted by Gasteiger charge is -2.13. The van der Waals surface area contributed by atoms with Gasteiger partial charge in [-0.25, -0.2) is 9.97 Å². The molecular formula is C13H16ClN5O2. The summed E-state index contributed by atoms with van der Waals surface area (Å²) in [5, 5.41) is 15.5. The van der Waals surface area contributed by atoms with Crippen molar-refractivity contribution in [2.75, 3.05) is 0 Å². The molecular weight excluding hydrogens is 294 g/mol. The molecule has 0 saturated heterocycles. The van der Waals surface area contributed by atoms with E-state index in [0.717, 1.165) is 11.4 Å². The highest BCUT2D eigenvalue weighted by Crippen LogP contribution is 2.36. The van der Waals surface area contributed by atoms with Crippen LogP contribution in [0.1, 0.15) is 37.9 Å². The van der Waals surface area contributed by atoms with Crippen molar-refractivity contribution in [3.05, 3.63) is 38.4 Å². The van der Waals surface area contributed by atoms with E-state index in [4.69, 9.17) is 11.6 Å². The van der Waals surface area contributed by atoms with Gasteiger partial charge in [-0.15, -0.1) is 0 Å². The summed E-state index contributed by atoms with van der Waals surface area (Å²) in [6.07, 6.45) is 0. The van der Waals surface area contributed by atoms with E-state index >= 15 is 0 Å². The molecule has 0 aromatic carbocycles. The Labute approximate surface area is 127 Å². The Hall–Kier alpha value is -2.02. The Kier molecular flexibility index (Phi) is 3.71. The number of nitrogens with zero attached hydrogens (tertiary/aromatic N) is 5. The minimum atomic E-state index is -0.519. The van der Waals surface area contributed by atoms with Crippen LogP contribution >= 0.6 is 11.6 Å². The normalized spacial score (nSPS) is 11.7. The van der Waals surface area contributed by atoms with Crippen LogP contribution in [-0.4, -0.2) is 24.7 Å². The van der Waals surface area contributed by atoms with Crippen LogP contribution in [0.2, 0.25) is 5.15 Å². The van der Waals surface area contributed by atoms with E-state index in [2.05, 4.69) is 15.1 Å². The van der Waals surface area contributed by atoms with Crippen LogP contribution < -0.4 is 0 Å². The van der Waals surface area contributed by atoms with Gasteiger partial charge in [-0.2, -0.15) is 9.78 Å². The molecule has 2 aromatic rings. The van der Waals surface area contributed by atoms with Crippen LogP contribution in [0.3, 0.4) is 0 Å². The second kappa shape index (κ2) is 5.07. The summed E-state index contributed by atoms with van der Waals surface area (Å²) in [4.78, 5) is 19.3. The summed E-state index contributed by atoms with van der Waals surface area (Å²) in [5.74, 6) is 0.233. The number of halogens is 1. The first-order valence-electron chi connectivity index (χ1n) is 6.37. The minimum Gasteiger partial charge on any atom is -0.258 e. The Bertz CT molecular complexity index is 698. The van der Waals surface area contributed by atoms with Gasteiger partial charge in [0.15, 0.2) is 0 Å². The van der Waals surface area contributed by atoms with Crippen molar-refractivity contribution in [1.82, 2.24) is 19.7 Å². The monoisotopic (exact) mass is 309 g/mol. The van der Waals surface area contributed by atoms with Crippen LogP contribution in [0, 0.1) is 24.0 Å². The molecule has 2 heterocycles. The summed E-state index contributed by atoms with van der Waals surface area (Å²) in [5.41, 5.74) is 1.07. The van der Waals surface area contributed by atoms with E-state index < -0.39 is 10.3 Å². The second-order valence-corrected chi connectivity index (χ2v) is 6.22. The smallest absolute Gasteiger partial charge is 0.258 e. The summed E-state index contributed by atoms with van der Waals surface area (Å²) >= 11 is 6.15. The molecule has 0 spiro atoms. The molecule has 2 aromatic heterocycles. The predicted octanol–water partition coefficient (Wildman–Crippen LogP) is 3.14. The molecule has 0 aliphatic heterocycles. The van der Waals surface area contributed by atoms with Crippen molar-refractivity contribution in [3.63, 3.8) is 0 Å². The number of aryl methyl sites for hydroxylation is 2. The molecule has 0 unspecified atom stereocenters. The average molecular weight is 310 g/mol. The Morgan fingerprint density at radius 1 is 1.24 bits per heavy atom. The zero-order chi connectivity index (χ0) is 15.9. The number of hydrogen-bond acceptors (Lipinski definition) is 5. The van der Waals surface area contributed by atoms with Gasteiger partial charge in [0, 0.05) is 16.8 Å². The molecule has 0 fully saturated rings. The lowest BCUT2D eigenvalue weighted by Crippen LogP contribution is -2.15. The quantitative estimate of drug-likeness (QED) is 0.628. The Morgan fingerprint density at radius 3 is 2.14 bits per heavy atom. The lowest BCUT2D eigenvalue weighted by atomic mass is 9.91. The summed E-state index contributed by atoms with van der Waals surface area (Å²) in [6, 6.07) is 1.81. The second-order valence-electron chi connectivity index (χ2n) is 5.86. The van der Waals surface area contributed by atoms with Crippen molar-refractivity contribution in [2.45, 2.75) is 40.0 Å². The molecule has 0 bridgehead atoms. The third-order valence-corrected chi connectivity index (χ3v) is 3.20. The minimum absolute atomic E-state index is 0.0880. The lowest BCUT2D eigenvalue weighted by molar-refractivity contribution is -0.385. The first kappa shape index (κ1) is 15.4. The molecule has 0 aliphatic carbocycles. The fourth-order valence-corrected chi connectivity index (χ4v) is 2.26. The van der Waals surface area contributed by atoms with Gasteiger partial charge in [0.25, 0.3) is 5.95 Å². The van der Waals surface area contributed by atoms with Gasteiger partial charge in [0.05, 0.1) is 4.92 Å². The van der Waals surface area contributed by atoms with Crippen molar-refractivity contribution in [1.29, 1.82) is 0 Å². The maximum Gasteiger partial charge on any atom is 0.330 e. The van der Waals surface area contributed by atoms with Gasteiger partial charge in [0.2, 0.25) is 5.15 Å². The first-order valence-corrected chi connectivity index (χ1v) is 6.75. The van der Waals surface area contributed by atoms with Crippen LogP contribution in [-0.2, 0) is 5.41 Å². The Balaban J connectivity index is 2.74. The predicted molar refractivity (Wildman–Crippen MR) is 79.0 cm³/mol. The maximum atomic E-state index is 11.3. The molecule has 112 valence electrons. The zero-order valence-electron chi connectivity index (χ0n) is 12.5. The van der Waals surface area contributed by atoms with E-state index in [0.29, 0.717) is 5.69 Å². The molecule has 7 nitrogen and oxygen atoms in total. The van der Waals surface area contributed by atoms with Gasteiger partial charge in [0.1, 0.15) is 5.69 Å². The number of rotatable bonds is 2. The highest BCUT2D eigenvalue weighted by atomic mass is 35.5. The van der Waals surface area contributed by atoms with E-state index in [1.807, 2.05) is 34.6 Å². The largest absolute Gasteiger partial charge is 0.330 e. The van der Waals surface area contributed by atoms with Gasteiger partial charge < -0.3 is 0 Å². The topological polar surface area (TPSA) is 86.7 Å². The van der Waals surface area contributed by atoms with Crippen LogP contribution in [0.15, 0.2) is 6.07 Å². The van der Waals surface area contributed by atoms with Crippen LogP contribution in [0.5, 0.6) is 0 Å². The van der Waals surface area contributed by atoms with Crippen molar-refractivity contribution >= 4 is 17.3 Å². The first-order chi connectivity index (χ1) is 9.61. The molecule has 0 saturated carbocycles. The number of nitro groups is 1. The fourth-order valence-electron chi connectivity index (χ4n) is 1.99. The molecule has 0 N–H and O–H groups in total. The Morgan fingerprint density at radius 2 is 1.76 bits per heavy atom. The SMILES string of the molecule is Cc1cc(C)nc(-n2nc(C(C)(C)C)c([N+](=O)[O-])c2Cl)n1. The van der Waals surface area contributed by atoms with Gasteiger partial charge in [-0.05, 0) is 19.9 Å². The zero-order valence-corrected chi connectivity index (χ0v) is 13.3. The number of aromatic nitrogens is 4. The summed E-state index contributed by atoms with van der Waals surface area (Å²) in [6.45, 7) is 9.14. The van der Waals surface area contributed by atoms with Gasteiger partial charge in [-0.3, -0.25) is 10.1 Å². The van der Waals surface area contributed by atoms with Gasteiger partial charge >= 0.3 is 5.69 Å². The summed E-state index contributed by atoms with van der Waals surface area (Å²) < 4.78 is 1.22. The third-order valence-electron chi connectivity index (χ3n) is 2.86. The van der Waals surface area contributed by atoms with E-state index in [1.54, 1.807) is 6.07 Å². The molecule has 0 amide bonds. The number of hydrogen-bond donors (Lipinski definition) is 0. The molecule has 0 aliphatic rings. The molecule has 0 atom stereocenters. The van der Waals surface area contributed by atoms with Crippen LogP contribution in [0.4, 0.5) is 5.69 Å². The molecule has 0 radical (unpaired) electrons. The third kappa shape index (κ3) is 2.87. The van der Waals surface area contributed by atoms with Crippen molar-refractivity contribution in [3.8, 4) is 5.95 Å². The standard InChI is InChI=1S/C13H16ClN5O2/c1-7-6-8(2)16-12(15-7)18-11(14)9(19(20)21)10(17-18)13(3,4)5/h6H,1-5H3. The van der Waals surface area contributed by atoms with Gasteiger partial charge in [-0.1, -0.05) is 32.4 Å². The van der Waals surface area contributed by atoms with E-state index in [1.165, 1.54) is 4.68 Å².